The van der Waals surface area contributed by atoms with E-state index in [0.717, 1.165) is 22.4 Å². The van der Waals surface area contributed by atoms with Gasteiger partial charge in [-0.2, -0.15) is 0 Å². The summed E-state index contributed by atoms with van der Waals surface area (Å²) in [5.41, 5.74) is 4.75. The van der Waals surface area contributed by atoms with Gasteiger partial charge in [-0.15, -0.1) is 0 Å². The average molecular weight is 427 g/mol. The van der Waals surface area contributed by atoms with Crippen LogP contribution in [0.5, 0.6) is 11.5 Å². The van der Waals surface area contributed by atoms with Gasteiger partial charge >= 0.3 is 0 Å². The maximum absolute atomic E-state index is 13.5. The summed E-state index contributed by atoms with van der Waals surface area (Å²) in [5, 5.41) is 3.26. The average Bonchev–Trinajstić information content (AvgIpc) is 2.69. The van der Waals surface area contributed by atoms with Gasteiger partial charge in [0.1, 0.15) is 10.7 Å². The zero-order valence-electron chi connectivity index (χ0n) is 18.0. The zero-order chi connectivity index (χ0) is 22.1. The van der Waals surface area contributed by atoms with E-state index in [1.807, 2.05) is 39.8 Å². The highest BCUT2D eigenvalue weighted by atomic mass is 32.2. The number of rotatable bonds is 6. The lowest BCUT2D eigenvalue weighted by Gasteiger charge is -2.17. The van der Waals surface area contributed by atoms with E-state index in [0.29, 0.717) is 23.0 Å². The van der Waals surface area contributed by atoms with Crippen LogP contribution in [0.15, 0.2) is 52.3 Å². The quantitative estimate of drug-likeness (QED) is 0.604. The first-order valence-electron chi connectivity index (χ1n) is 9.47. The van der Waals surface area contributed by atoms with E-state index in [2.05, 4.69) is 10.3 Å². The lowest BCUT2D eigenvalue weighted by atomic mass is 10.1. The number of ether oxygens (including phenoxy) is 2. The molecule has 0 saturated heterocycles. The predicted octanol–water partition coefficient (Wildman–Crippen LogP) is 4.91. The molecule has 0 radical (unpaired) electrons. The van der Waals surface area contributed by atoms with Crippen molar-refractivity contribution in [1.29, 1.82) is 0 Å². The van der Waals surface area contributed by atoms with Crippen molar-refractivity contribution in [2.75, 3.05) is 19.5 Å². The molecular weight excluding hydrogens is 400 g/mol. The van der Waals surface area contributed by atoms with Crippen molar-refractivity contribution in [3.05, 3.63) is 64.8 Å². The van der Waals surface area contributed by atoms with Crippen molar-refractivity contribution in [2.24, 2.45) is 0 Å². The van der Waals surface area contributed by atoms with E-state index in [9.17, 15) is 8.42 Å². The van der Waals surface area contributed by atoms with Crippen LogP contribution in [0, 0.1) is 27.7 Å². The summed E-state index contributed by atoms with van der Waals surface area (Å²) < 4.78 is 37.4. The van der Waals surface area contributed by atoms with Gasteiger partial charge in [0.05, 0.1) is 19.1 Å². The fraction of sp³-hybridized carbons (Fsp3) is 0.261. The fourth-order valence-corrected chi connectivity index (χ4v) is 4.82. The third kappa shape index (κ3) is 4.11. The van der Waals surface area contributed by atoms with Crippen LogP contribution < -0.4 is 14.8 Å². The predicted molar refractivity (Wildman–Crippen MR) is 118 cm³/mol. The van der Waals surface area contributed by atoms with Crippen LogP contribution in [-0.4, -0.2) is 27.6 Å². The summed E-state index contributed by atoms with van der Waals surface area (Å²) in [7, 11) is -0.884. The number of pyridine rings is 1. The van der Waals surface area contributed by atoms with Gasteiger partial charge in [0.2, 0.25) is 9.84 Å². The van der Waals surface area contributed by atoms with Crippen molar-refractivity contribution >= 4 is 21.3 Å². The monoisotopic (exact) mass is 426 g/mol. The van der Waals surface area contributed by atoms with Crippen LogP contribution in [0.3, 0.4) is 0 Å². The van der Waals surface area contributed by atoms with Crippen LogP contribution in [0.4, 0.5) is 11.5 Å². The van der Waals surface area contributed by atoms with Crippen molar-refractivity contribution < 1.29 is 17.9 Å². The minimum atomic E-state index is -3.86. The van der Waals surface area contributed by atoms with Crippen LogP contribution in [0.1, 0.15) is 22.4 Å². The molecule has 0 spiro atoms. The highest BCUT2D eigenvalue weighted by Crippen LogP contribution is 2.35. The topological polar surface area (TPSA) is 77.5 Å². The number of aromatic nitrogens is 1. The van der Waals surface area contributed by atoms with Gasteiger partial charge in [0.25, 0.3) is 0 Å². The molecule has 1 N–H and O–H groups in total. The van der Waals surface area contributed by atoms with Gasteiger partial charge < -0.3 is 14.8 Å². The molecule has 1 heterocycles. The molecule has 1 aromatic heterocycles. The molecule has 0 amide bonds. The highest BCUT2D eigenvalue weighted by Gasteiger charge is 2.25. The standard InChI is InChI=1S/C23H26N2O4S/c1-14-11-15(2)22(16(3)12-14)25-23-21(10-7-17(4)24-23)30(26,27)18-8-9-19(28-5)20(13-18)29-6/h7-13H,1-6H3,(H,24,25). The second-order valence-corrected chi connectivity index (χ2v) is 9.14. The maximum atomic E-state index is 13.5. The molecule has 0 atom stereocenters. The van der Waals surface area contributed by atoms with E-state index in [-0.39, 0.29) is 9.79 Å². The van der Waals surface area contributed by atoms with Crippen LogP contribution in [0.2, 0.25) is 0 Å². The molecule has 0 bridgehead atoms. The molecule has 3 aromatic rings. The van der Waals surface area contributed by atoms with E-state index in [4.69, 9.17) is 9.47 Å². The van der Waals surface area contributed by atoms with Gasteiger partial charge in [0, 0.05) is 17.4 Å². The lowest BCUT2D eigenvalue weighted by Crippen LogP contribution is -2.09. The second-order valence-electron chi connectivity index (χ2n) is 7.22. The Kier molecular flexibility index (Phi) is 6.03. The van der Waals surface area contributed by atoms with Crippen molar-refractivity contribution in [3.8, 4) is 11.5 Å². The Morgan fingerprint density at radius 1 is 0.833 bits per heavy atom. The molecule has 158 valence electrons. The minimum absolute atomic E-state index is 0.0969. The number of nitrogens with one attached hydrogen (secondary N) is 1. The summed E-state index contributed by atoms with van der Waals surface area (Å²) in [4.78, 5) is 4.69. The third-order valence-electron chi connectivity index (χ3n) is 4.87. The Morgan fingerprint density at radius 3 is 2.07 bits per heavy atom. The van der Waals surface area contributed by atoms with Crippen LogP contribution in [-0.2, 0) is 9.84 Å². The zero-order valence-corrected chi connectivity index (χ0v) is 18.8. The minimum Gasteiger partial charge on any atom is -0.493 e. The molecule has 7 heteroatoms. The summed E-state index contributed by atoms with van der Waals surface area (Å²) in [6, 6.07) is 11.9. The maximum Gasteiger partial charge on any atom is 0.210 e. The number of anilines is 2. The first-order chi connectivity index (χ1) is 14.2. The summed E-state index contributed by atoms with van der Waals surface area (Å²) in [6.45, 7) is 7.83. The molecule has 0 aliphatic rings. The van der Waals surface area contributed by atoms with Crippen molar-refractivity contribution in [2.45, 2.75) is 37.5 Å². The lowest BCUT2D eigenvalue weighted by molar-refractivity contribution is 0.354. The SMILES string of the molecule is COc1ccc(S(=O)(=O)c2ccc(C)nc2Nc2c(C)cc(C)cc2C)cc1OC. The Balaban J connectivity index is 2.14. The summed E-state index contributed by atoms with van der Waals surface area (Å²) in [6.07, 6.45) is 0. The third-order valence-corrected chi connectivity index (χ3v) is 6.66. The van der Waals surface area contributed by atoms with Gasteiger partial charge in [-0.1, -0.05) is 17.7 Å². The molecular formula is C23H26N2O4S. The first-order valence-corrected chi connectivity index (χ1v) is 11.0. The Labute approximate surface area is 177 Å². The molecule has 3 rings (SSSR count). The molecule has 0 aliphatic heterocycles. The van der Waals surface area contributed by atoms with Gasteiger partial charge in [-0.25, -0.2) is 13.4 Å². The largest absolute Gasteiger partial charge is 0.493 e. The number of nitrogens with zero attached hydrogens (tertiary/aromatic N) is 1. The van der Waals surface area contributed by atoms with E-state index in [1.165, 1.54) is 26.4 Å². The normalized spacial score (nSPS) is 11.3. The number of hydrogen-bond acceptors (Lipinski definition) is 6. The van der Waals surface area contributed by atoms with Crippen LogP contribution >= 0.6 is 0 Å². The Morgan fingerprint density at radius 2 is 1.47 bits per heavy atom. The van der Waals surface area contributed by atoms with Gasteiger partial charge in [-0.05, 0) is 63.1 Å². The van der Waals surface area contributed by atoms with E-state index >= 15 is 0 Å². The number of methoxy groups -OCH3 is 2. The smallest absolute Gasteiger partial charge is 0.210 e. The Bertz CT molecular complexity index is 1180. The molecule has 6 nitrogen and oxygen atoms in total. The van der Waals surface area contributed by atoms with E-state index < -0.39 is 9.84 Å². The molecule has 2 aromatic carbocycles. The Hall–Kier alpha value is -3.06. The number of hydrogen-bond donors (Lipinski definition) is 1. The number of sulfone groups is 1. The highest BCUT2D eigenvalue weighted by molar-refractivity contribution is 7.91. The molecule has 0 unspecified atom stereocenters. The molecule has 0 aliphatic carbocycles. The van der Waals surface area contributed by atoms with Gasteiger partial charge in [-0.3, -0.25) is 0 Å². The van der Waals surface area contributed by atoms with Crippen molar-refractivity contribution in [1.82, 2.24) is 4.98 Å². The first kappa shape index (κ1) is 21.6. The van der Waals surface area contributed by atoms with Gasteiger partial charge in [0.15, 0.2) is 11.5 Å². The fourth-order valence-electron chi connectivity index (χ4n) is 3.46. The summed E-state index contributed by atoms with van der Waals surface area (Å²) in [5.74, 6) is 1.10. The van der Waals surface area contributed by atoms with Crippen LogP contribution in [0.25, 0.3) is 0 Å². The molecule has 30 heavy (non-hydrogen) atoms. The molecule has 0 fully saturated rings. The second kappa shape index (κ2) is 8.36. The molecule has 0 saturated carbocycles. The summed E-state index contributed by atoms with van der Waals surface area (Å²) >= 11 is 0. The van der Waals surface area contributed by atoms with Crippen molar-refractivity contribution in [3.63, 3.8) is 0 Å². The number of benzene rings is 2. The number of aryl methyl sites for hydroxylation is 4. The van der Waals surface area contributed by atoms with E-state index in [1.54, 1.807) is 18.2 Å².